The molecule has 0 radical (unpaired) electrons. The van der Waals surface area contributed by atoms with Gasteiger partial charge in [-0.25, -0.2) is 0 Å². The Morgan fingerprint density at radius 2 is 1.63 bits per heavy atom. The molecule has 3 rings (SSSR count). The Labute approximate surface area is 154 Å². The summed E-state index contributed by atoms with van der Waals surface area (Å²) in [5, 5.41) is 0. The molecular formula is C19H20F3N3O2. The fraction of sp³-hybridized carbons (Fsp3) is 0.368. The molecule has 0 aliphatic carbocycles. The first kappa shape index (κ1) is 19.2. The maximum Gasteiger partial charge on any atom is 0.417 e. The smallest absolute Gasteiger partial charge is 0.339 e. The van der Waals surface area contributed by atoms with Gasteiger partial charge in [0.05, 0.1) is 5.56 Å². The van der Waals surface area contributed by atoms with Crippen molar-refractivity contribution in [1.29, 1.82) is 0 Å². The largest absolute Gasteiger partial charge is 0.417 e. The Morgan fingerprint density at radius 1 is 0.963 bits per heavy atom. The predicted octanol–water partition coefficient (Wildman–Crippen LogP) is 2.21. The van der Waals surface area contributed by atoms with Crippen molar-refractivity contribution < 1.29 is 18.0 Å². The van der Waals surface area contributed by atoms with Gasteiger partial charge in [0.25, 0.3) is 5.56 Å². The van der Waals surface area contributed by atoms with Crippen LogP contribution in [0.15, 0.2) is 53.5 Å². The summed E-state index contributed by atoms with van der Waals surface area (Å²) in [6, 6.07) is 11.5. The van der Waals surface area contributed by atoms with E-state index in [-0.39, 0.29) is 12.5 Å². The molecule has 0 spiro atoms. The lowest BCUT2D eigenvalue weighted by atomic mass is 10.2. The molecule has 1 saturated heterocycles. The highest BCUT2D eigenvalue weighted by molar-refractivity contribution is 5.76. The molecule has 1 amide bonds. The SMILES string of the molecule is O=C(Cn1cc(C(F)(F)F)ccc1=O)N1CCN(Cc2ccccc2)CC1. The zero-order valence-electron chi connectivity index (χ0n) is 14.7. The molecule has 8 heteroatoms. The van der Waals surface area contributed by atoms with Gasteiger partial charge in [-0.05, 0) is 11.6 Å². The molecule has 2 aromatic rings. The van der Waals surface area contributed by atoms with Crippen LogP contribution in [0.1, 0.15) is 11.1 Å². The summed E-state index contributed by atoms with van der Waals surface area (Å²) >= 11 is 0. The van der Waals surface area contributed by atoms with Gasteiger partial charge in [0.15, 0.2) is 0 Å². The first-order valence-corrected chi connectivity index (χ1v) is 8.65. The quantitative estimate of drug-likeness (QED) is 0.818. The summed E-state index contributed by atoms with van der Waals surface area (Å²) < 4.78 is 39.2. The number of hydrogen-bond donors (Lipinski definition) is 0. The molecule has 144 valence electrons. The van der Waals surface area contributed by atoms with E-state index in [1.165, 1.54) is 5.56 Å². The minimum Gasteiger partial charge on any atom is -0.339 e. The molecule has 0 N–H and O–H groups in total. The number of benzene rings is 1. The Morgan fingerprint density at radius 3 is 2.26 bits per heavy atom. The van der Waals surface area contributed by atoms with Crippen molar-refractivity contribution in [3.05, 3.63) is 70.1 Å². The average Bonchev–Trinajstić information content (AvgIpc) is 2.64. The molecule has 27 heavy (non-hydrogen) atoms. The fourth-order valence-electron chi connectivity index (χ4n) is 3.07. The van der Waals surface area contributed by atoms with Crippen molar-refractivity contribution in [1.82, 2.24) is 14.4 Å². The van der Waals surface area contributed by atoms with Gasteiger partial charge in [0.1, 0.15) is 6.54 Å². The summed E-state index contributed by atoms with van der Waals surface area (Å²) in [6.45, 7) is 2.73. The van der Waals surface area contributed by atoms with E-state index in [1.807, 2.05) is 30.3 Å². The first-order chi connectivity index (χ1) is 12.8. The van der Waals surface area contributed by atoms with Crippen molar-refractivity contribution >= 4 is 5.91 Å². The standard InChI is InChI=1S/C19H20F3N3O2/c20-19(21,22)16-6-7-17(26)25(13-16)14-18(27)24-10-8-23(9-11-24)12-15-4-2-1-3-5-15/h1-7,13H,8-12,14H2. The lowest BCUT2D eigenvalue weighted by Crippen LogP contribution is -2.49. The highest BCUT2D eigenvalue weighted by Gasteiger charge is 2.31. The van der Waals surface area contributed by atoms with Crippen LogP contribution in [0.5, 0.6) is 0 Å². The second kappa shape index (κ2) is 7.96. The number of amides is 1. The highest BCUT2D eigenvalue weighted by atomic mass is 19.4. The van der Waals surface area contributed by atoms with Crippen LogP contribution in [-0.2, 0) is 24.1 Å². The third-order valence-corrected chi connectivity index (χ3v) is 4.59. The third-order valence-electron chi connectivity index (χ3n) is 4.59. The molecule has 5 nitrogen and oxygen atoms in total. The number of aromatic nitrogens is 1. The average molecular weight is 379 g/mol. The van der Waals surface area contributed by atoms with E-state index in [9.17, 15) is 22.8 Å². The summed E-state index contributed by atoms with van der Waals surface area (Å²) in [4.78, 5) is 28.0. The molecule has 0 unspecified atom stereocenters. The zero-order valence-corrected chi connectivity index (χ0v) is 14.7. The Hall–Kier alpha value is -2.61. The minimum atomic E-state index is -4.55. The van der Waals surface area contributed by atoms with Gasteiger partial charge in [0, 0.05) is 45.0 Å². The van der Waals surface area contributed by atoms with Crippen molar-refractivity contribution in [2.24, 2.45) is 0 Å². The Kier molecular flexibility index (Phi) is 5.65. The van der Waals surface area contributed by atoms with E-state index in [0.717, 1.165) is 23.2 Å². The van der Waals surface area contributed by atoms with Gasteiger partial charge in [-0.15, -0.1) is 0 Å². The molecule has 1 fully saturated rings. The summed E-state index contributed by atoms with van der Waals surface area (Å²) in [7, 11) is 0. The number of rotatable bonds is 4. The van der Waals surface area contributed by atoms with E-state index in [4.69, 9.17) is 0 Å². The van der Waals surface area contributed by atoms with Crippen LogP contribution in [0.2, 0.25) is 0 Å². The van der Waals surface area contributed by atoms with E-state index < -0.39 is 17.3 Å². The molecule has 1 aromatic heterocycles. The van der Waals surface area contributed by atoms with Crippen molar-refractivity contribution in [2.45, 2.75) is 19.3 Å². The maximum absolute atomic E-state index is 12.8. The zero-order chi connectivity index (χ0) is 19.4. The van der Waals surface area contributed by atoms with Crippen molar-refractivity contribution in [2.75, 3.05) is 26.2 Å². The number of halogens is 3. The number of nitrogens with zero attached hydrogens (tertiary/aromatic N) is 3. The summed E-state index contributed by atoms with van der Waals surface area (Å²) in [5.74, 6) is -0.351. The second-order valence-corrected chi connectivity index (χ2v) is 6.52. The van der Waals surface area contributed by atoms with E-state index in [2.05, 4.69) is 4.90 Å². The number of alkyl halides is 3. The van der Waals surface area contributed by atoms with Crippen LogP contribution in [-0.4, -0.2) is 46.5 Å². The number of hydrogen-bond acceptors (Lipinski definition) is 3. The maximum atomic E-state index is 12.8. The second-order valence-electron chi connectivity index (χ2n) is 6.52. The molecule has 0 atom stereocenters. The van der Waals surface area contributed by atoms with Gasteiger partial charge in [0.2, 0.25) is 5.91 Å². The van der Waals surface area contributed by atoms with E-state index >= 15 is 0 Å². The molecule has 1 aliphatic rings. The molecular weight excluding hydrogens is 359 g/mol. The van der Waals surface area contributed by atoms with Crippen LogP contribution in [0.4, 0.5) is 13.2 Å². The molecule has 0 saturated carbocycles. The van der Waals surface area contributed by atoms with Crippen LogP contribution in [0.3, 0.4) is 0 Å². The Balaban J connectivity index is 1.58. The summed E-state index contributed by atoms with van der Waals surface area (Å²) in [6.07, 6.45) is -3.85. The van der Waals surface area contributed by atoms with Gasteiger partial charge in [-0.3, -0.25) is 14.5 Å². The lowest BCUT2D eigenvalue weighted by Gasteiger charge is -2.34. The van der Waals surface area contributed by atoms with Gasteiger partial charge >= 0.3 is 6.18 Å². The molecule has 0 bridgehead atoms. The summed E-state index contributed by atoms with van der Waals surface area (Å²) in [5.41, 5.74) is -0.380. The molecule has 2 heterocycles. The third kappa shape index (κ3) is 4.97. The minimum absolute atomic E-state index is 0.351. The number of piperazine rings is 1. The topological polar surface area (TPSA) is 45.6 Å². The fourth-order valence-corrected chi connectivity index (χ4v) is 3.07. The van der Waals surface area contributed by atoms with Crippen LogP contribution >= 0.6 is 0 Å². The lowest BCUT2D eigenvalue weighted by molar-refractivity contribution is -0.139. The van der Waals surface area contributed by atoms with Gasteiger partial charge in [-0.2, -0.15) is 13.2 Å². The van der Waals surface area contributed by atoms with Crippen LogP contribution in [0, 0.1) is 0 Å². The number of pyridine rings is 1. The van der Waals surface area contributed by atoms with Crippen LogP contribution in [0.25, 0.3) is 0 Å². The van der Waals surface area contributed by atoms with E-state index in [0.29, 0.717) is 32.4 Å². The van der Waals surface area contributed by atoms with Crippen molar-refractivity contribution in [3.8, 4) is 0 Å². The highest BCUT2D eigenvalue weighted by Crippen LogP contribution is 2.28. The number of carbonyl (C=O) groups is 1. The van der Waals surface area contributed by atoms with E-state index in [1.54, 1.807) is 4.90 Å². The number of carbonyl (C=O) groups excluding carboxylic acids is 1. The normalized spacial score (nSPS) is 15.7. The molecule has 1 aromatic carbocycles. The Bertz CT molecular complexity index is 841. The molecule has 1 aliphatic heterocycles. The van der Waals surface area contributed by atoms with Crippen LogP contribution < -0.4 is 5.56 Å². The first-order valence-electron chi connectivity index (χ1n) is 8.65. The van der Waals surface area contributed by atoms with Gasteiger partial charge < -0.3 is 9.47 Å². The van der Waals surface area contributed by atoms with Crippen molar-refractivity contribution in [3.63, 3.8) is 0 Å². The monoisotopic (exact) mass is 379 g/mol. The van der Waals surface area contributed by atoms with Gasteiger partial charge in [-0.1, -0.05) is 30.3 Å². The predicted molar refractivity (Wildman–Crippen MR) is 94.0 cm³/mol.